The first-order valence-corrected chi connectivity index (χ1v) is 6.79. The first-order valence-electron chi connectivity index (χ1n) is 6.79. The van der Waals surface area contributed by atoms with Crippen LogP contribution in [0, 0.1) is 5.82 Å². The van der Waals surface area contributed by atoms with Crippen LogP contribution in [-0.4, -0.2) is 27.2 Å². The van der Waals surface area contributed by atoms with Crippen LogP contribution in [0.5, 0.6) is 0 Å². The number of rotatable bonds is 5. The average molecular weight is 291 g/mol. The fourth-order valence-electron chi connectivity index (χ4n) is 2.00. The van der Waals surface area contributed by atoms with Gasteiger partial charge < -0.3 is 10.6 Å². The molecule has 1 amide bonds. The van der Waals surface area contributed by atoms with Gasteiger partial charge in [-0.25, -0.2) is 9.37 Å². The lowest BCUT2D eigenvalue weighted by Gasteiger charge is -2.08. The Morgan fingerprint density at radius 2 is 2.19 bits per heavy atom. The molecule has 2 rings (SSSR count). The van der Waals surface area contributed by atoms with Crippen LogP contribution in [0.15, 0.2) is 18.5 Å². The number of nitrogens with zero attached hydrogens (tertiary/aromatic N) is 3. The molecule has 0 aliphatic rings. The number of aromatic nitrogens is 3. The van der Waals surface area contributed by atoms with Gasteiger partial charge in [0.05, 0.1) is 16.9 Å². The Balaban J connectivity index is 2.26. The molecule has 0 radical (unpaired) electrons. The second-order valence-corrected chi connectivity index (χ2v) is 4.52. The number of carbonyl (C=O) groups is 1. The fraction of sp³-hybridized carbons (Fsp3) is 0.357. The highest BCUT2D eigenvalue weighted by Crippen LogP contribution is 2.19. The van der Waals surface area contributed by atoms with E-state index in [0.717, 1.165) is 5.69 Å². The molecule has 2 N–H and O–H groups in total. The second-order valence-electron chi connectivity index (χ2n) is 4.52. The topological polar surface area (TPSA) is 71.8 Å². The molecule has 0 aromatic carbocycles. The van der Waals surface area contributed by atoms with Crippen LogP contribution in [-0.2, 0) is 13.5 Å². The van der Waals surface area contributed by atoms with Gasteiger partial charge in [0.1, 0.15) is 0 Å². The van der Waals surface area contributed by atoms with Gasteiger partial charge in [-0.05, 0) is 19.4 Å². The SMILES string of the molecule is CCNc1nccc(C(=O)Nc2cn(C)nc2CC)c1F. The van der Waals surface area contributed by atoms with Crippen molar-refractivity contribution < 1.29 is 9.18 Å². The maximum absolute atomic E-state index is 14.2. The lowest BCUT2D eigenvalue weighted by Crippen LogP contribution is -2.16. The van der Waals surface area contributed by atoms with Crippen LogP contribution >= 0.6 is 0 Å². The molecular formula is C14H18FN5O. The van der Waals surface area contributed by atoms with Crippen molar-refractivity contribution in [1.82, 2.24) is 14.8 Å². The molecule has 21 heavy (non-hydrogen) atoms. The monoisotopic (exact) mass is 291 g/mol. The molecule has 7 heteroatoms. The summed E-state index contributed by atoms with van der Waals surface area (Å²) in [5.74, 6) is -1.09. The molecule has 0 bridgehead atoms. The van der Waals surface area contributed by atoms with Gasteiger partial charge in [-0.3, -0.25) is 9.48 Å². The third kappa shape index (κ3) is 3.18. The van der Waals surface area contributed by atoms with Gasteiger partial charge in [-0.1, -0.05) is 6.92 Å². The van der Waals surface area contributed by atoms with Gasteiger partial charge in [0.25, 0.3) is 5.91 Å². The highest BCUT2D eigenvalue weighted by molar-refractivity contribution is 6.05. The van der Waals surface area contributed by atoms with Crippen LogP contribution in [0.3, 0.4) is 0 Å². The summed E-state index contributed by atoms with van der Waals surface area (Å²) in [5, 5.41) is 9.70. The smallest absolute Gasteiger partial charge is 0.258 e. The maximum atomic E-state index is 14.2. The second kappa shape index (κ2) is 6.34. The number of carbonyl (C=O) groups excluding carboxylic acids is 1. The van der Waals surface area contributed by atoms with E-state index in [2.05, 4.69) is 20.7 Å². The molecule has 0 fully saturated rings. The first kappa shape index (κ1) is 15.0. The van der Waals surface area contributed by atoms with Crippen molar-refractivity contribution in [2.24, 2.45) is 7.05 Å². The number of anilines is 2. The van der Waals surface area contributed by atoms with E-state index in [1.807, 2.05) is 13.8 Å². The van der Waals surface area contributed by atoms with Gasteiger partial charge in [-0.2, -0.15) is 5.10 Å². The van der Waals surface area contributed by atoms with E-state index >= 15 is 0 Å². The minimum atomic E-state index is -0.654. The highest BCUT2D eigenvalue weighted by atomic mass is 19.1. The number of halogens is 1. The Bertz CT molecular complexity index is 653. The van der Waals surface area contributed by atoms with Crippen molar-refractivity contribution in [1.29, 1.82) is 0 Å². The lowest BCUT2D eigenvalue weighted by molar-refractivity contribution is 0.102. The van der Waals surface area contributed by atoms with Crippen LogP contribution in [0.2, 0.25) is 0 Å². The Labute approximate surface area is 122 Å². The van der Waals surface area contributed by atoms with E-state index in [9.17, 15) is 9.18 Å². The molecule has 0 aliphatic carbocycles. The normalized spacial score (nSPS) is 10.5. The van der Waals surface area contributed by atoms with Crippen molar-refractivity contribution >= 4 is 17.4 Å². The first-order chi connectivity index (χ1) is 10.1. The van der Waals surface area contributed by atoms with E-state index in [0.29, 0.717) is 18.7 Å². The predicted molar refractivity (Wildman–Crippen MR) is 78.9 cm³/mol. The van der Waals surface area contributed by atoms with Gasteiger partial charge in [-0.15, -0.1) is 0 Å². The zero-order chi connectivity index (χ0) is 15.4. The minimum Gasteiger partial charge on any atom is -0.368 e. The van der Waals surface area contributed by atoms with Crippen LogP contribution in [0.25, 0.3) is 0 Å². The molecule has 2 aromatic heterocycles. The molecule has 6 nitrogen and oxygen atoms in total. The van der Waals surface area contributed by atoms with Crippen LogP contribution < -0.4 is 10.6 Å². The molecule has 2 aromatic rings. The van der Waals surface area contributed by atoms with E-state index < -0.39 is 11.7 Å². The van der Waals surface area contributed by atoms with E-state index in [1.165, 1.54) is 12.3 Å². The number of pyridine rings is 1. The zero-order valence-corrected chi connectivity index (χ0v) is 12.3. The summed E-state index contributed by atoms with van der Waals surface area (Å²) >= 11 is 0. The van der Waals surface area contributed by atoms with Crippen LogP contribution in [0.1, 0.15) is 29.9 Å². The van der Waals surface area contributed by atoms with E-state index in [4.69, 9.17) is 0 Å². The molecule has 112 valence electrons. The summed E-state index contributed by atoms with van der Waals surface area (Å²) in [6.45, 7) is 4.29. The molecule has 0 spiro atoms. The van der Waals surface area contributed by atoms with Gasteiger partial charge in [0.15, 0.2) is 11.6 Å². The Morgan fingerprint density at radius 1 is 1.43 bits per heavy atom. The Kier molecular flexibility index (Phi) is 4.52. The Morgan fingerprint density at radius 3 is 2.86 bits per heavy atom. The van der Waals surface area contributed by atoms with Gasteiger partial charge >= 0.3 is 0 Å². The third-order valence-corrected chi connectivity index (χ3v) is 2.97. The highest BCUT2D eigenvalue weighted by Gasteiger charge is 2.17. The number of nitrogens with one attached hydrogen (secondary N) is 2. The number of hydrogen-bond acceptors (Lipinski definition) is 4. The summed E-state index contributed by atoms with van der Waals surface area (Å²) in [6.07, 6.45) is 3.78. The molecule has 0 unspecified atom stereocenters. The molecule has 0 atom stereocenters. The summed E-state index contributed by atoms with van der Waals surface area (Å²) in [6, 6.07) is 1.35. The molecular weight excluding hydrogens is 273 g/mol. The Hall–Kier alpha value is -2.44. The minimum absolute atomic E-state index is 0.0492. The van der Waals surface area contributed by atoms with E-state index in [1.54, 1.807) is 17.9 Å². The third-order valence-electron chi connectivity index (χ3n) is 2.97. The van der Waals surface area contributed by atoms with Crippen molar-refractivity contribution in [2.45, 2.75) is 20.3 Å². The quantitative estimate of drug-likeness (QED) is 0.886. The number of amides is 1. The standard InChI is InChI=1S/C14H18FN5O/c1-4-10-11(8-20(3)19-10)18-14(21)9-6-7-17-13(12(9)15)16-5-2/h6-8H,4-5H2,1-3H3,(H,16,17)(H,18,21). The molecule has 0 saturated heterocycles. The van der Waals surface area contributed by atoms with Crippen molar-refractivity contribution in [3.8, 4) is 0 Å². The fourth-order valence-corrected chi connectivity index (χ4v) is 2.00. The number of aryl methyl sites for hydroxylation is 2. The van der Waals surface area contributed by atoms with Crippen molar-refractivity contribution in [3.05, 3.63) is 35.5 Å². The maximum Gasteiger partial charge on any atom is 0.258 e. The van der Waals surface area contributed by atoms with Gasteiger partial charge in [0.2, 0.25) is 0 Å². The summed E-state index contributed by atoms with van der Waals surface area (Å²) < 4.78 is 15.8. The summed E-state index contributed by atoms with van der Waals surface area (Å²) in [4.78, 5) is 16.1. The zero-order valence-electron chi connectivity index (χ0n) is 12.3. The number of hydrogen-bond donors (Lipinski definition) is 2. The predicted octanol–water partition coefficient (Wildman–Crippen LogP) is 2.20. The molecule has 2 heterocycles. The van der Waals surface area contributed by atoms with Crippen LogP contribution in [0.4, 0.5) is 15.9 Å². The largest absolute Gasteiger partial charge is 0.368 e. The van der Waals surface area contributed by atoms with Gasteiger partial charge in [0, 0.05) is 26.0 Å². The lowest BCUT2D eigenvalue weighted by atomic mass is 10.2. The molecule has 0 aliphatic heterocycles. The van der Waals surface area contributed by atoms with Crippen molar-refractivity contribution in [3.63, 3.8) is 0 Å². The molecule has 0 saturated carbocycles. The summed E-state index contributed by atoms with van der Waals surface area (Å²) in [5.41, 5.74) is 1.30. The average Bonchev–Trinajstić information content (AvgIpc) is 2.81. The van der Waals surface area contributed by atoms with E-state index in [-0.39, 0.29) is 11.4 Å². The van der Waals surface area contributed by atoms with Crippen molar-refractivity contribution in [2.75, 3.05) is 17.2 Å². The summed E-state index contributed by atoms with van der Waals surface area (Å²) in [7, 11) is 1.77.